The lowest BCUT2D eigenvalue weighted by molar-refractivity contribution is 0.0601. The largest absolute Gasteiger partial charge is 0.465 e. The Hall–Kier alpha value is -1.52. The van der Waals surface area contributed by atoms with E-state index in [1.54, 1.807) is 18.2 Å². The molecule has 88 valence electrons. The third-order valence-corrected chi connectivity index (χ3v) is 2.62. The molecule has 0 spiro atoms. The topological polar surface area (TPSA) is 52.3 Å². The van der Waals surface area contributed by atoms with Crippen LogP contribution >= 0.6 is 23.2 Å². The predicted molar refractivity (Wildman–Crippen MR) is 63.3 cm³/mol. The molecule has 0 aliphatic carbocycles. The monoisotopic (exact) mass is 271 g/mol. The number of ether oxygens (including phenoxy) is 1. The number of esters is 1. The van der Waals surface area contributed by atoms with Gasteiger partial charge in [0.15, 0.2) is 5.76 Å². The molecular weight excluding hydrogens is 265 g/mol. The van der Waals surface area contributed by atoms with E-state index < -0.39 is 5.97 Å². The van der Waals surface area contributed by atoms with Gasteiger partial charge in [-0.25, -0.2) is 9.78 Å². The second-order valence-electron chi connectivity index (χ2n) is 3.16. The van der Waals surface area contributed by atoms with E-state index in [0.29, 0.717) is 16.9 Å². The lowest BCUT2D eigenvalue weighted by Crippen LogP contribution is -2.01. The van der Waals surface area contributed by atoms with Crippen molar-refractivity contribution in [3.63, 3.8) is 0 Å². The van der Waals surface area contributed by atoms with E-state index in [1.807, 2.05) is 0 Å². The zero-order valence-corrected chi connectivity index (χ0v) is 10.2. The van der Waals surface area contributed by atoms with Gasteiger partial charge in [0.05, 0.1) is 23.9 Å². The first-order chi connectivity index (χ1) is 8.11. The zero-order valence-electron chi connectivity index (χ0n) is 8.74. The maximum absolute atomic E-state index is 11.3. The Morgan fingerprint density at radius 1 is 1.41 bits per heavy atom. The second kappa shape index (κ2) is 4.77. The number of aromatic nitrogens is 1. The Bertz CT molecular complexity index is 566. The van der Waals surface area contributed by atoms with Gasteiger partial charge in [-0.1, -0.05) is 17.7 Å². The van der Waals surface area contributed by atoms with Crippen LogP contribution in [-0.2, 0) is 4.74 Å². The summed E-state index contributed by atoms with van der Waals surface area (Å²) in [5, 5.41) is 0.329. The van der Waals surface area contributed by atoms with Crippen molar-refractivity contribution in [2.75, 3.05) is 7.11 Å². The Morgan fingerprint density at radius 2 is 2.18 bits per heavy atom. The van der Waals surface area contributed by atoms with Crippen molar-refractivity contribution < 1.29 is 13.9 Å². The molecule has 1 aromatic carbocycles. The van der Waals surface area contributed by atoms with Crippen molar-refractivity contribution in [2.45, 2.75) is 0 Å². The molecule has 2 aromatic rings. The van der Waals surface area contributed by atoms with E-state index in [9.17, 15) is 4.79 Å². The molecule has 0 atom stereocenters. The minimum atomic E-state index is -0.489. The van der Waals surface area contributed by atoms with Crippen molar-refractivity contribution in [3.05, 3.63) is 40.3 Å². The first-order valence-electron chi connectivity index (χ1n) is 4.61. The minimum absolute atomic E-state index is 0.0492. The number of hydrogen-bond donors (Lipinski definition) is 0. The van der Waals surface area contributed by atoms with Gasteiger partial charge in [0.1, 0.15) is 0 Å². The Morgan fingerprint density at radius 3 is 2.71 bits per heavy atom. The highest BCUT2D eigenvalue weighted by atomic mass is 35.5. The lowest BCUT2D eigenvalue weighted by Gasteiger charge is -2.03. The first kappa shape index (κ1) is 12.0. The van der Waals surface area contributed by atoms with Gasteiger partial charge in [0.2, 0.25) is 0 Å². The molecule has 0 saturated heterocycles. The third-order valence-electron chi connectivity index (χ3n) is 2.14. The number of carbonyl (C=O) groups is 1. The van der Waals surface area contributed by atoms with E-state index in [4.69, 9.17) is 27.6 Å². The summed E-state index contributed by atoms with van der Waals surface area (Å²) in [4.78, 5) is 15.1. The van der Waals surface area contributed by atoms with Crippen molar-refractivity contribution in [3.8, 4) is 11.3 Å². The number of hydrogen-bond acceptors (Lipinski definition) is 4. The summed E-state index contributed by atoms with van der Waals surface area (Å²) in [7, 11) is 1.29. The van der Waals surface area contributed by atoms with Crippen molar-refractivity contribution >= 4 is 29.2 Å². The summed E-state index contributed by atoms with van der Waals surface area (Å²) in [6.07, 6.45) is 1.48. The van der Waals surface area contributed by atoms with Crippen LogP contribution in [0.5, 0.6) is 0 Å². The standard InChI is InChI=1S/C11H7Cl2NO3/c1-16-10(15)7-3-2-6(4-8(7)12)9-5-14-11(13)17-9/h2-5H,1H3. The highest BCUT2D eigenvalue weighted by Gasteiger charge is 2.13. The molecule has 0 bridgehead atoms. The van der Waals surface area contributed by atoms with Gasteiger partial charge >= 0.3 is 5.97 Å². The summed E-state index contributed by atoms with van der Waals surface area (Å²) in [6.45, 7) is 0. The van der Waals surface area contributed by atoms with E-state index in [2.05, 4.69) is 9.72 Å². The van der Waals surface area contributed by atoms with E-state index in [0.717, 1.165) is 0 Å². The number of methoxy groups -OCH3 is 1. The molecule has 1 heterocycles. The number of halogens is 2. The fourth-order valence-electron chi connectivity index (χ4n) is 1.33. The smallest absolute Gasteiger partial charge is 0.339 e. The Kier molecular flexibility index (Phi) is 3.36. The first-order valence-corrected chi connectivity index (χ1v) is 5.37. The Labute approximate surface area is 107 Å². The summed E-state index contributed by atoms with van der Waals surface area (Å²) in [5.74, 6) is -0.00883. The molecule has 0 amide bonds. The molecule has 6 heteroatoms. The fourth-order valence-corrected chi connectivity index (χ4v) is 1.72. The van der Waals surface area contributed by atoms with Crippen molar-refractivity contribution in [1.29, 1.82) is 0 Å². The SMILES string of the molecule is COC(=O)c1ccc(-c2cnc(Cl)o2)cc1Cl. The van der Waals surface area contributed by atoms with Gasteiger partial charge < -0.3 is 9.15 Å². The van der Waals surface area contributed by atoms with E-state index in [1.165, 1.54) is 13.3 Å². The van der Waals surface area contributed by atoms with Gasteiger partial charge in [-0.2, -0.15) is 0 Å². The number of rotatable bonds is 2. The lowest BCUT2D eigenvalue weighted by atomic mass is 10.1. The second-order valence-corrected chi connectivity index (χ2v) is 3.89. The van der Waals surface area contributed by atoms with Crippen LogP contribution < -0.4 is 0 Å². The maximum atomic E-state index is 11.3. The average Bonchev–Trinajstić information content (AvgIpc) is 2.75. The molecule has 0 saturated carbocycles. The number of benzene rings is 1. The fraction of sp³-hybridized carbons (Fsp3) is 0.0909. The van der Waals surface area contributed by atoms with Gasteiger partial charge in [0.25, 0.3) is 5.35 Å². The predicted octanol–water partition coefficient (Wildman–Crippen LogP) is 3.44. The molecule has 0 fully saturated rings. The van der Waals surface area contributed by atoms with E-state index in [-0.39, 0.29) is 10.4 Å². The van der Waals surface area contributed by atoms with Gasteiger partial charge in [0, 0.05) is 5.56 Å². The molecule has 0 radical (unpaired) electrons. The van der Waals surface area contributed by atoms with E-state index >= 15 is 0 Å². The van der Waals surface area contributed by atoms with Crippen molar-refractivity contribution in [1.82, 2.24) is 4.98 Å². The normalized spacial score (nSPS) is 10.3. The van der Waals surface area contributed by atoms with Crippen LogP contribution in [0.4, 0.5) is 0 Å². The maximum Gasteiger partial charge on any atom is 0.339 e. The van der Waals surface area contributed by atoms with Gasteiger partial charge in [-0.3, -0.25) is 0 Å². The van der Waals surface area contributed by atoms with Crippen LogP contribution in [0.15, 0.2) is 28.8 Å². The van der Waals surface area contributed by atoms with Crippen LogP contribution in [0.1, 0.15) is 10.4 Å². The van der Waals surface area contributed by atoms with Crippen LogP contribution in [0, 0.1) is 0 Å². The molecule has 0 aliphatic heterocycles. The number of carbonyl (C=O) groups excluding carboxylic acids is 1. The average molecular weight is 272 g/mol. The quantitative estimate of drug-likeness (QED) is 0.786. The molecule has 17 heavy (non-hydrogen) atoms. The zero-order chi connectivity index (χ0) is 12.4. The molecule has 2 rings (SSSR count). The van der Waals surface area contributed by atoms with Crippen LogP contribution in [0.25, 0.3) is 11.3 Å². The summed E-state index contributed by atoms with van der Waals surface area (Å²) >= 11 is 11.5. The highest BCUT2D eigenvalue weighted by molar-refractivity contribution is 6.33. The summed E-state index contributed by atoms with van der Waals surface area (Å²) in [5.41, 5.74) is 0.977. The minimum Gasteiger partial charge on any atom is -0.465 e. The third kappa shape index (κ3) is 2.43. The highest BCUT2D eigenvalue weighted by Crippen LogP contribution is 2.27. The molecule has 0 aliphatic rings. The molecule has 4 nitrogen and oxygen atoms in total. The summed E-state index contributed by atoms with van der Waals surface area (Å²) in [6, 6.07) is 4.82. The summed E-state index contributed by atoms with van der Waals surface area (Å²) < 4.78 is 9.72. The van der Waals surface area contributed by atoms with Gasteiger partial charge in [-0.05, 0) is 23.7 Å². The number of nitrogens with zero attached hydrogens (tertiary/aromatic N) is 1. The molecule has 1 aromatic heterocycles. The Balaban J connectivity index is 2.40. The molecule has 0 N–H and O–H groups in total. The van der Waals surface area contributed by atoms with Gasteiger partial charge in [-0.15, -0.1) is 0 Å². The molecular formula is C11H7Cl2NO3. The van der Waals surface area contributed by atoms with Crippen LogP contribution in [0.3, 0.4) is 0 Å². The number of oxazole rings is 1. The van der Waals surface area contributed by atoms with Crippen LogP contribution in [-0.4, -0.2) is 18.1 Å². The molecule has 0 unspecified atom stereocenters. The van der Waals surface area contributed by atoms with Crippen LogP contribution in [0.2, 0.25) is 10.4 Å². The van der Waals surface area contributed by atoms with Crippen molar-refractivity contribution in [2.24, 2.45) is 0 Å².